The van der Waals surface area contributed by atoms with Crippen molar-refractivity contribution in [3.05, 3.63) is 137 Å². The topological polar surface area (TPSA) is 203 Å². The van der Waals surface area contributed by atoms with Crippen LogP contribution in [0.4, 0.5) is 0 Å². The molecule has 2 heterocycles. The van der Waals surface area contributed by atoms with Crippen molar-refractivity contribution in [3.63, 3.8) is 0 Å². The largest absolute Gasteiger partial charge is 0.459 e. The van der Waals surface area contributed by atoms with Crippen LogP contribution in [0, 0.1) is 0 Å². The lowest BCUT2D eigenvalue weighted by atomic mass is 9.96. The summed E-state index contributed by atoms with van der Waals surface area (Å²) in [5.41, 5.74) is 0.302. The number of methoxy groups -OCH3 is 1. The van der Waals surface area contributed by atoms with E-state index in [1.54, 1.807) is 48.5 Å². The van der Waals surface area contributed by atoms with Crippen molar-refractivity contribution >= 4 is 87.6 Å². The molecule has 4 aromatic rings. The first-order valence-electron chi connectivity index (χ1n) is 18.0. The van der Waals surface area contributed by atoms with Crippen molar-refractivity contribution < 1.29 is 72.4 Å². The number of halogens is 4. The number of hydrogen-bond donors (Lipinski definition) is 3. The Morgan fingerprint density at radius 1 is 0.517 bits per heavy atom. The molecule has 0 radical (unpaired) electrons. The molecule has 4 aromatic carbocycles. The molecule has 0 unspecified atom stereocenters. The molecule has 0 bridgehead atoms. The van der Waals surface area contributed by atoms with Gasteiger partial charge in [0.25, 0.3) is 0 Å². The molecule has 318 valence electrons. The van der Waals surface area contributed by atoms with Crippen LogP contribution in [0.3, 0.4) is 0 Å². The molecule has 2 aliphatic heterocycles. The molecule has 3 N–H and O–H groups in total. The first-order valence-corrected chi connectivity index (χ1v) is 21.2. The van der Waals surface area contributed by atoms with Gasteiger partial charge in [-0.15, -0.1) is 0 Å². The van der Waals surface area contributed by atoms with Gasteiger partial charge in [-0.1, -0.05) is 63.7 Å². The average Bonchev–Trinajstić information content (AvgIpc) is 3.24. The normalized spacial score (nSPS) is 26.4. The zero-order chi connectivity index (χ0) is 43.1. The highest BCUT2D eigenvalue weighted by Gasteiger charge is 2.56. The van der Waals surface area contributed by atoms with Gasteiger partial charge in [-0.25, -0.2) is 19.2 Å². The number of hydrogen-bond acceptors (Lipinski definition) is 15. The number of aliphatic hydroxyl groups is 3. The van der Waals surface area contributed by atoms with Gasteiger partial charge >= 0.3 is 23.9 Å². The smallest absolute Gasteiger partial charge is 0.338 e. The van der Waals surface area contributed by atoms with Crippen LogP contribution in [-0.4, -0.2) is 121 Å². The van der Waals surface area contributed by atoms with Gasteiger partial charge in [0.05, 0.1) is 28.9 Å². The summed E-state index contributed by atoms with van der Waals surface area (Å²) in [7, 11) is 1.22. The third-order valence-electron chi connectivity index (χ3n) is 9.36. The Labute approximate surface area is 376 Å². The van der Waals surface area contributed by atoms with E-state index in [9.17, 15) is 34.5 Å². The third-order valence-corrected chi connectivity index (χ3v) is 11.5. The van der Waals surface area contributed by atoms with Gasteiger partial charge in [0.2, 0.25) is 0 Å². The van der Waals surface area contributed by atoms with E-state index in [1.807, 2.05) is 0 Å². The minimum Gasteiger partial charge on any atom is -0.459 e. The lowest BCUT2D eigenvalue weighted by molar-refractivity contribution is -0.355. The van der Waals surface area contributed by atoms with Crippen LogP contribution < -0.4 is 0 Å². The second-order valence-electron chi connectivity index (χ2n) is 13.3. The van der Waals surface area contributed by atoms with Gasteiger partial charge in [-0.2, -0.15) is 0 Å². The molecule has 0 spiro atoms. The molecule has 10 atom stereocenters. The van der Waals surface area contributed by atoms with Crippen LogP contribution >= 0.6 is 63.7 Å². The molecule has 0 aromatic heterocycles. The lowest BCUT2D eigenvalue weighted by Gasteiger charge is -2.47. The van der Waals surface area contributed by atoms with Crippen molar-refractivity contribution in [2.24, 2.45) is 0 Å². The summed E-state index contributed by atoms with van der Waals surface area (Å²) in [6, 6.07) is 24.5. The highest BCUT2D eigenvalue weighted by molar-refractivity contribution is 9.11. The molecule has 19 heteroatoms. The molecule has 6 rings (SSSR count). The van der Waals surface area contributed by atoms with Crippen molar-refractivity contribution in [2.75, 3.05) is 20.3 Å². The first kappa shape index (κ1) is 45.9. The summed E-state index contributed by atoms with van der Waals surface area (Å²) in [5, 5.41) is 32.5. The van der Waals surface area contributed by atoms with E-state index in [-0.39, 0.29) is 22.3 Å². The predicted molar refractivity (Wildman–Crippen MR) is 223 cm³/mol. The molecule has 0 aliphatic carbocycles. The fourth-order valence-electron chi connectivity index (χ4n) is 6.25. The maximum Gasteiger partial charge on any atom is 0.338 e. The Kier molecular flexibility index (Phi) is 16.1. The molecule has 2 saturated heterocycles. The number of aliphatic hydroxyl groups excluding tert-OH is 3. The number of carbonyl (C=O) groups is 4. The third kappa shape index (κ3) is 11.3. The Morgan fingerprint density at radius 3 is 1.32 bits per heavy atom. The number of ether oxygens (including phenoxy) is 8. The second-order valence-corrected chi connectivity index (χ2v) is 17.0. The molecule has 2 aliphatic rings. The Bertz CT molecular complexity index is 2100. The molecule has 60 heavy (non-hydrogen) atoms. The molecular weight excluding hydrogens is 1050 g/mol. The zero-order valence-corrected chi connectivity index (χ0v) is 37.5. The first-order chi connectivity index (χ1) is 28.8. The summed E-state index contributed by atoms with van der Waals surface area (Å²) in [5.74, 6) is -3.65. The van der Waals surface area contributed by atoms with Crippen molar-refractivity contribution in [1.29, 1.82) is 0 Å². The summed E-state index contributed by atoms with van der Waals surface area (Å²) >= 11 is 13.3. The summed E-state index contributed by atoms with van der Waals surface area (Å²) in [4.78, 5) is 55.2. The van der Waals surface area contributed by atoms with Gasteiger partial charge in [-0.05, 0) is 97.1 Å². The summed E-state index contributed by atoms with van der Waals surface area (Å²) in [6.07, 6.45) is -16.5. The number of carbonyl (C=O) groups excluding carboxylic acids is 4. The lowest BCUT2D eigenvalue weighted by Crippen LogP contribution is -2.66. The summed E-state index contributed by atoms with van der Waals surface area (Å²) < 4.78 is 49.9. The molecular formula is C41H36Br4O15. The Hall–Kier alpha value is -3.60. The fraction of sp³-hybridized carbons (Fsp3) is 0.317. The van der Waals surface area contributed by atoms with Crippen LogP contribution in [0.2, 0.25) is 0 Å². The SMILES string of the molecule is CO[C@@H]1O[C@H](CO)[C@@H](O[C@@H]2O[C@H](COC(=O)c3ccc(Br)cc3)[C@@H](OC(=O)c3ccc(Br)cc3)[C@H](OC(=O)c3ccc(Br)cc3)[C@H]2OC(=O)c2ccc(Br)cc2)[C@H](O)[C@H]1O. The minimum absolute atomic E-state index is 0.0384. The van der Waals surface area contributed by atoms with E-state index in [4.69, 9.17) is 37.9 Å². The van der Waals surface area contributed by atoms with Gasteiger partial charge in [0.15, 0.2) is 30.9 Å². The van der Waals surface area contributed by atoms with E-state index in [2.05, 4.69) is 63.7 Å². The van der Waals surface area contributed by atoms with E-state index < -0.39 is 98.5 Å². The molecule has 0 saturated carbocycles. The molecule has 15 nitrogen and oxygen atoms in total. The standard InChI is InChI=1S/C41H36Br4O15/c1-53-40-31(48)30(47)32(28(18-46)55-40)60-41-35(59-39(52)23-8-16-27(45)17-9-23)34(58-38(51)22-6-14-26(44)15-7-22)33(57-37(50)21-4-12-25(43)13-5-21)29(56-41)19-54-36(49)20-2-10-24(42)11-3-20/h2-17,28-35,40-41,46-48H,18-19H2,1H3/t28-,29-,30-,31-,32-,33-,34+,35-,40-,41+/m1/s1. The van der Waals surface area contributed by atoms with Gasteiger partial charge in [-0.3, -0.25) is 0 Å². The number of benzene rings is 4. The van der Waals surface area contributed by atoms with Gasteiger partial charge in [0, 0.05) is 25.0 Å². The van der Waals surface area contributed by atoms with Gasteiger partial charge in [0.1, 0.15) is 37.1 Å². The predicted octanol–water partition coefficient (Wildman–Crippen LogP) is 5.77. The maximum atomic E-state index is 14.0. The van der Waals surface area contributed by atoms with E-state index in [1.165, 1.54) is 55.6 Å². The second kappa shape index (κ2) is 21.0. The Morgan fingerprint density at radius 2 is 0.900 bits per heavy atom. The highest BCUT2D eigenvalue weighted by Crippen LogP contribution is 2.35. The van der Waals surface area contributed by atoms with Crippen LogP contribution in [-0.2, 0) is 37.9 Å². The Balaban J connectivity index is 1.45. The zero-order valence-electron chi connectivity index (χ0n) is 31.2. The van der Waals surface area contributed by atoms with E-state index >= 15 is 0 Å². The fourth-order valence-corrected chi connectivity index (χ4v) is 7.31. The van der Waals surface area contributed by atoms with Gasteiger partial charge < -0.3 is 53.2 Å². The van der Waals surface area contributed by atoms with E-state index in [0.717, 1.165) is 0 Å². The van der Waals surface area contributed by atoms with Crippen LogP contribution in [0.5, 0.6) is 0 Å². The maximum absolute atomic E-state index is 14.0. The number of esters is 4. The van der Waals surface area contributed by atoms with Crippen molar-refractivity contribution in [1.82, 2.24) is 0 Å². The number of rotatable bonds is 13. The average molecular weight is 1090 g/mol. The van der Waals surface area contributed by atoms with Crippen LogP contribution in [0.1, 0.15) is 41.4 Å². The van der Waals surface area contributed by atoms with E-state index in [0.29, 0.717) is 17.9 Å². The molecule has 0 amide bonds. The minimum atomic E-state index is -1.87. The quantitative estimate of drug-likeness (QED) is 0.108. The van der Waals surface area contributed by atoms with Crippen molar-refractivity contribution in [2.45, 2.75) is 61.4 Å². The van der Waals surface area contributed by atoms with Crippen LogP contribution in [0.25, 0.3) is 0 Å². The summed E-state index contributed by atoms with van der Waals surface area (Å²) in [6.45, 7) is -1.41. The van der Waals surface area contributed by atoms with Crippen LogP contribution in [0.15, 0.2) is 115 Å². The monoisotopic (exact) mass is 1080 g/mol. The molecule has 2 fully saturated rings. The van der Waals surface area contributed by atoms with Crippen molar-refractivity contribution in [3.8, 4) is 0 Å². The highest BCUT2D eigenvalue weighted by atomic mass is 79.9.